The molecule has 1 aromatic rings. The maximum atomic E-state index is 9.89. The standard InChI is InChI=1S/C11H13NO2/c1-11(13,7-8-12)9-3-5-10(14-2)6-4-9/h3-6,13H,7H2,1-2H3. The highest BCUT2D eigenvalue weighted by Crippen LogP contribution is 2.25. The van der Waals surface area contributed by atoms with Crippen LogP contribution in [0.15, 0.2) is 24.3 Å². The van der Waals surface area contributed by atoms with Crippen LogP contribution in [0.1, 0.15) is 18.9 Å². The molecule has 3 nitrogen and oxygen atoms in total. The summed E-state index contributed by atoms with van der Waals surface area (Å²) in [5.41, 5.74) is -0.360. The monoisotopic (exact) mass is 191 g/mol. The van der Waals surface area contributed by atoms with Gasteiger partial charge in [-0.05, 0) is 24.6 Å². The van der Waals surface area contributed by atoms with E-state index >= 15 is 0 Å². The third-order valence-electron chi connectivity index (χ3n) is 2.14. The zero-order valence-electron chi connectivity index (χ0n) is 8.32. The van der Waals surface area contributed by atoms with Gasteiger partial charge in [0.15, 0.2) is 0 Å². The zero-order valence-corrected chi connectivity index (χ0v) is 8.32. The SMILES string of the molecule is COc1ccc(C(C)(O)CC#N)cc1. The topological polar surface area (TPSA) is 53.2 Å². The van der Waals surface area contributed by atoms with Gasteiger partial charge in [0.05, 0.1) is 25.2 Å². The van der Waals surface area contributed by atoms with Gasteiger partial charge in [0.1, 0.15) is 5.75 Å². The minimum absolute atomic E-state index is 0.0827. The second kappa shape index (κ2) is 4.12. The van der Waals surface area contributed by atoms with E-state index in [1.165, 1.54) is 0 Å². The Labute approximate surface area is 83.6 Å². The summed E-state index contributed by atoms with van der Waals surface area (Å²) in [5, 5.41) is 18.4. The predicted octanol–water partition coefficient (Wildman–Crippen LogP) is 1.82. The molecule has 3 heteroatoms. The molecule has 0 heterocycles. The number of nitriles is 1. The number of ether oxygens (including phenoxy) is 1. The van der Waals surface area contributed by atoms with Gasteiger partial charge in [0, 0.05) is 0 Å². The van der Waals surface area contributed by atoms with Crippen LogP contribution in [0.25, 0.3) is 0 Å². The average molecular weight is 191 g/mol. The van der Waals surface area contributed by atoms with Crippen molar-refractivity contribution in [2.75, 3.05) is 7.11 Å². The Bertz CT molecular complexity index is 335. The maximum Gasteiger partial charge on any atom is 0.118 e. The van der Waals surface area contributed by atoms with Crippen molar-refractivity contribution in [3.05, 3.63) is 29.8 Å². The summed E-state index contributed by atoms with van der Waals surface area (Å²) in [7, 11) is 1.59. The van der Waals surface area contributed by atoms with Crippen LogP contribution in [0, 0.1) is 11.3 Å². The van der Waals surface area contributed by atoms with E-state index in [0.717, 1.165) is 11.3 Å². The highest BCUT2D eigenvalue weighted by molar-refractivity contribution is 5.30. The van der Waals surface area contributed by atoms with E-state index in [0.29, 0.717) is 0 Å². The summed E-state index contributed by atoms with van der Waals surface area (Å²) in [6.45, 7) is 1.62. The van der Waals surface area contributed by atoms with Crippen molar-refractivity contribution in [1.29, 1.82) is 5.26 Å². The minimum Gasteiger partial charge on any atom is -0.497 e. The van der Waals surface area contributed by atoms with Gasteiger partial charge >= 0.3 is 0 Å². The molecule has 1 atom stereocenters. The quantitative estimate of drug-likeness (QED) is 0.792. The summed E-state index contributed by atoms with van der Waals surface area (Å²) in [4.78, 5) is 0. The Hall–Kier alpha value is -1.53. The lowest BCUT2D eigenvalue weighted by atomic mass is 9.93. The molecule has 1 aromatic carbocycles. The molecular weight excluding hydrogens is 178 g/mol. The molecule has 0 aliphatic carbocycles. The minimum atomic E-state index is -1.08. The first-order valence-corrected chi connectivity index (χ1v) is 4.34. The highest BCUT2D eigenvalue weighted by Gasteiger charge is 2.22. The number of hydrogen-bond donors (Lipinski definition) is 1. The lowest BCUT2D eigenvalue weighted by molar-refractivity contribution is 0.0624. The number of nitrogens with zero attached hydrogens (tertiary/aromatic N) is 1. The first kappa shape index (κ1) is 10.6. The molecule has 0 saturated heterocycles. The fourth-order valence-corrected chi connectivity index (χ4v) is 1.21. The van der Waals surface area contributed by atoms with Gasteiger partial charge in [-0.25, -0.2) is 0 Å². The van der Waals surface area contributed by atoms with Crippen LogP contribution in [0.4, 0.5) is 0 Å². The molecule has 0 radical (unpaired) electrons. The van der Waals surface area contributed by atoms with Crippen molar-refractivity contribution in [3.8, 4) is 11.8 Å². The fourth-order valence-electron chi connectivity index (χ4n) is 1.21. The first-order valence-electron chi connectivity index (χ1n) is 4.34. The summed E-state index contributed by atoms with van der Waals surface area (Å²) in [5.74, 6) is 0.738. The normalized spacial score (nSPS) is 14.1. The molecule has 1 unspecified atom stereocenters. The van der Waals surface area contributed by atoms with Crippen LogP contribution >= 0.6 is 0 Å². The summed E-state index contributed by atoms with van der Waals surface area (Å²) in [6, 6.07) is 9.00. The molecule has 0 aliphatic rings. The Morgan fingerprint density at radius 2 is 2.00 bits per heavy atom. The Morgan fingerprint density at radius 3 is 2.43 bits per heavy atom. The molecule has 0 fully saturated rings. The molecule has 14 heavy (non-hydrogen) atoms. The summed E-state index contributed by atoms with van der Waals surface area (Å²) >= 11 is 0. The number of aliphatic hydroxyl groups is 1. The lowest BCUT2D eigenvalue weighted by Gasteiger charge is -2.20. The van der Waals surface area contributed by atoms with Crippen LogP contribution in [0.5, 0.6) is 5.75 Å². The van der Waals surface area contributed by atoms with Crippen LogP contribution in [0.2, 0.25) is 0 Å². The van der Waals surface area contributed by atoms with Crippen molar-refractivity contribution in [1.82, 2.24) is 0 Å². The smallest absolute Gasteiger partial charge is 0.118 e. The first-order chi connectivity index (χ1) is 6.60. The maximum absolute atomic E-state index is 9.89. The predicted molar refractivity (Wildman–Crippen MR) is 52.8 cm³/mol. The van der Waals surface area contributed by atoms with Gasteiger partial charge in [-0.2, -0.15) is 5.26 Å². The lowest BCUT2D eigenvalue weighted by Crippen LogP contribution is -2.19. The molecule has 0 bridgehead atoms. The van der Waals surface area contributed by atoms with Crippen LogP contribution in [-0.2, 0) is 5.60 Å². The van der Waals surface area contributed by atoms with E-state index in [1.807, 2.05) is 6.07 Å². The highest BCUT2D eigenvalue weighted by atomic mass is 16.5. The van der Waals surface area contributed by atoms with Crippen molar-refractivity contribution in [2.24, 2.45) is 0 Å². The number of benzene rings is 1. The van der Waals surface area contributed by atoms with Crippen LogP contribution < -0.4 is 4.74 Å². The second-order valence-electron chi connectivity index (χ2n) is 3.34. The molecule has 1 N–H and O–H groups in total. The van der Waals surface area contributed by atoms with Gasteiger partial charge in [-0.15, -0.1) is 0 Å². The molecule has 0 spiro atoms. The Kier molecular flexibility index (Phi) is 3.10. The third kappa shape index (κ3) is 2.24. The van der Waals surface area contributed by atoms with Crippen molar-refractivity contribution in [3.63, 3.8) is 0 Å². The largest absolute Gasteiger partial charge is 0.497 e. The number of rotatable bonds is 3. The van der Waals surface area contributed by atoms with Crippen molar-refractivity contribution in [2.45, 2.75) is 18.9 Å². The van der Waals surface area contributed by atoms with Gasteiger partial charge in [0.25, 0.3) is 0 Å². The van der Waals surface area contributed by atoms with Crippen molar-refractivity contribution >= 4 is 0 Å². The second-order valence-corrected chi connectivity index (χ2v) is 3.34. The zero-order chi connectivity index (χ0) is 10.6. The van der Waals surface area contributed by atoms with Gasteiger partial charge < -0.3 is 9.84 Å². The molecule has 74 valence electrons. The summed E-state index contributed by atoms with van der Waals surface area (Å²) in [6.07, 6.45) is 0.0827. The van der Waals surface area contributed by atoms with E-state index in [-0.39, 0.29) is 6.42 Å². The molecular formula is C11H13NO2. The number of hydrogen-bond acceptors (Lipinski definition) is 3. The van der Waals surface area contributed by atoms with Crippen molar-refractivity contribution < 1.29 is 9.84 Å². The fraction of sp³-hybridized carbons (Fsp3) is 0.364. The third-order valence-corrected chi connectivity index (χ3v) is 2.14. The summed E-state index contributed by atoms with van der Waals surface area (Å²) < 4.78 is 5.00. The Morgan fingerprint density at radius 1 is 1.43 bits per heavy atom. The van der Waals surface area contributed by atoms with E-state index in [4.69, 9.17) is 10.00 Å². The number of methoxy groups -OCH3 is 1. The van der Waals surface area contributed by atoms with E-state index in [9.17, 15) is 5.11 Å². The van der Waals surface area contributed by atoms with E-state index in [2.05, 4.69) is 0 Å². The van der Waals surface area contributed by atoms with E-state index in [1.54, 1.807) is 38.3 Å². The van der Waals surface area contributed by atoms with Gasteiger partial charge in [-0.1, -0.05) is 12.1 Å². The van der Waals surface area contributed by atoms with Gasteiger partial charge in [0.2, 0.25) is 0 Å². The molecule has 0 saturated carbocycles. The van der Waals surface area contributed by atoms with Crippen LogP contribution in [0.3, 0.4) is 0 Å². The van der Waals surface area contributed by atoms with E-state index < -0.39 is 5.60 Å². The van der Waals surface area contributed by atoms with Gasteiger partial charge in [-0.3, -0.25) is 0 Å². The average Bonchev–Trinajstić information content (AvgIpc) is 2.18. The Balaban J connectivity index is 2.92. The molecule has 0 aromatic heterocycles. The molecule has 1 rings (SSSR count). The molecule has 0 amide bonds. The molecule has 0 aliphatic heterocycles. The van der Waals surface area contributed by atoms with Crippen LogP contribution in [-0.4, -0.2) is 12.2 Å².